The summed E-state index contributed by atoms with van der Waals surface area (Å²) in [5.41, 5.74) is 11.0. The second-order valence-corrected chi connectivity index (χ2v) is 4.69. The third kappa shape index (κ3) is 2.30. The lowest BCUT2D eigenvalue weighted by atomic mass is 10.1. The van der Waals surface area contributed by atoms with Crippen molar-refractivity contribution in [1.29, 1.82) is 0 Å². The maximum atomic E-state index is 11.4. The van der Waals surface area contributed by atoms with Crippen molar-refractivity contribution in [2.45, 2.75) is 27.3 Å². The minimum Gasteiger partial charge on any atom is -0.399 e. The Labute approximate surface area is 107 Å². The van der Waals surface area contributed by atoms with E-state index in [1.807, 2.05) is 32.9 Å². The summed E-state index contributed by atoms with van der Waals surface area (Å²) in [7, 11) is 0. The molecule has 3 heteroatoms. The summed E-state index contributed by atoms with van der Waals surface area (Å²) in [4.78, 5) is 11.4. The smallest absolute Gasteiger partial charge is 0.182 e. The molecule has 0 aliphatic carbocycles. The van der Waals surface area contributed by atoms with Gasteiger partial charge in [-0.1, -0.05) is 12.1 Å². The standard InChI is InChI=1S/C15H18N2O/c1-10-7-14(18)8-11(2)17(10)9-13-5-4-6-15(16)12(13)3/h4-8H,9,16H2,1-3H3. The van der Waals surface area contributed by atoms with E-state index in [9.17, 15) is 4.79 Å². The number of hydrogen-bond acceptors (Lipinski definition) is 2. The van der Waals surface area contributed by atoms with Gasteiger partial charge < -0.3 is 10.3 Å². The van der Waals surface area contributed by atoms with Crippen LogP contribution in [0, 0.1) is 20.8 Å². The fourth-order valence-electron chi connectivity index (χ4n) is 2.18. The van der Waals surface area contributed by atoms with Crippen LogP contribution < -0.4 is 11.2 Å². The fourth-order valence-corrected chi connectivity index (χ4v) is 2.18. The summed E-state index contributed by atoms with van der Waals surface area (Å²) in [6.45, 7) is 6.68. The molecule has 0 aliphatic rings. The van der Waals surface area contributed by atoms with Crippen LogP contribution in [0.5, 0.6) is 0 Å². The Bertz CT molecular complexity index is 615. The number of aryl methyl sites for hydroxylation is 2. The van der Waals surface area contributed by atoms with E-state index >= 15 is 0 Å². The SMILES string of the molecule is Cc1c(N)cccc1Cn1c(C)cc(=O)cc1C. The average molecular weight is 242 g/mol. The number of nitrogens with zero attached hydrogens (tertiary/aromatic N) is 1. The van der Waals surface area contributed by atoms with Crippen LogP contribution in [-0.4, -0.2) is 4.57 Å². The average Bonchev–Trinajstić information content (AvgIpc) is 2.28. The molecule has 0 radical (unpaired) electrons. The zero-order valence-electron chi connectivity index (χ0n) is 11.0. The quantitative estimate of drug-likeness (QED) is 0.822. The Morgan fingerprint density at radius 1 is 1.11 bits per heavy atom. The van der Waals surface area contributed by atoms with E-state index in [4.69, 9.17) is 5.73 Å². The molecule has 3 nitrogen and oxygen atoms in total. The number of nitrogens with two attached hydrogens (primary N) is 1. The molecule has 0 saturated carbocycles. The molecule has 0 saturated heterocycles. The van der Waals surface area contributed by atoms with E-state index in [1.165, 1.54) is 5.56 Å². The maximum Gasteiger partial charge on any atom is 0.182 e. The van der Waals surface area contributed by atoms with E-state index in [0.29, 0.717) is 0 Å². The van der Waals surface area contributed by atoms with Crippen molar-refractivity contribution in [2.24, 2.45) is 0 Å². The number of rotatable bonds is 2. The maximum absolute atomic E-state index is 11.4. The van der Waals surface area contributed by atoms with Gasteiger partial charge in [-0.15, -0.1) is 0 Å². The third-order valence-electron chi connectivity index (χ3n) is 3.37. The van der Waals surface area contributed by atoms with Crippen molar-refractivity contribution in [3.05, 3.63) is 63.1 Å². The molecule has 1 heterocycles. The van der Waals surface area contributed by atoms with E-state index < -0.39 is 0 Å². The first-order chi connectivity index (χ1) is 8.49. The van der Waals surface area contributed by atoms with Gasteiger partial charge in [0, 0.05) is 35.8 Å². The van der Waals surface area contributed by atoms with Crippen LogP contribution >= 0.6 is 0 Å². The summed E-state index contributed by atoms with van der Waals surface area (Å²) in [5, 5.41) is 0. The lowest BCUT2D eigenvalue weighted by molar-refractivity contribution is 0.725. The minimum absolute atomic E-state index is 0.0607. The molecule has 94 valence electrons. The Morgan fingerprint density at radius 2 is 1.72 bits per heavy atom. The normalized spacial score (nSPS) is 10.6. The molecule has 18 heavy (non-hydrogen) atoms. The van der Waals surface area contributed by atoms with Gasteiger partial charge in [0.25, 0.3) is 0 Å². The number of benzene rings is 1. The first-order valence-corrected chi connectivity index (χ1v) is 6.01. The zero-order valence-corrected chi connectivity index (χ0v) is 11.0. The van der Waals surface area contributed by atoms with Crippen LogP contribution in [-0.2, 0) is 6.54 Å². The molecule has 2 rings (SSSR count). The van der Waals surface area contributed by atoms with Gasteiger partial charge in [0.1, 0.15) is 0 Å². The zero-order chi connectivity index (χ0) is 13.3. The van der Waals surface area contributed by atoms with E-state index in [0.717, 1.165) is 29.2 Å². The second kappa shape index (κ2) is 4.69. The monoisotopic (exact) mass is 242 g/mol. The molecular weight excluding hydrogens is 224 g/mol. The molecule has 1 aromatic heterocycles. The first-order valence-electron chi connectivity index (χ1n) is 6.01. The van der Waals surface area contributed by atoms with Gasteiger partial charge in [0.05, 0.1) is 0 Å². The van der Waals surface area contributed by atoms with E-state index in [1.54, 1.807) is 12.1 Å². The largest absolute Gasteiger partial charge is 0.399 e. The molecule has 0 spiro atoms. The highest BCUT2D eigenvalue weighted by Crippen LogP contribution is 2.17. The van der Waals surface area contributed by atoms with Crippen LogP contribution in [0.3, 0.4) is 0 Å². The van der Waals surface area contributed by atoms with Gasteiger partial charge in [-0.25, -0.2) is 0 Å². The molecule has 0 fully saturated rings. The van der Waals surface area contributed by atoms with E-state index in [-0.39, 0.29) is 5.43 Å². The summed E-state index contributed by atoms with van der Waals surface area (Å²) in [5.74, 6) is 0. The van der Waals surface area contributed by atoms with Crippen LogP contribution in [0.25, 0.3) is 0 Å². The van der Waals surface area contributed by atoms with Gasteiger partial charge >= 0.3 is 0 Å². The van der Waals surface area contributed by atoms with Crippen molar-refractivity contribution in [2.75, 3.05) is 5.73 Å². The Morgan fingerprint density at radius 3 is 2.33 bits per heavy atom. The molecule has 2 aromatic rings. The molecule has 1 aromatic carbocycles. The molecule has 0 amide bonds. The minimum atomic E-state index is 0.0607. The van der Waals surface area contributed by atoms with Gasteiger partial charge in [-0.05, 0) is 38.0 Å². The highest BCUT2D eigenvalue weighted by Gasteiger charge is 2.06. The molecule has 0 aliphatic heterocycles. The van der Waals surface area contributed by atoms with Crippen molar-refractivity contribution in [3.63, 3.8) is 0 Å². The molecule has 0 atom stereocenters. The van der Waals surface area contributed by atoms with Crippen molar-refractivity contribution in [3.8, 4) is 0 Å². The predicted molar refractivity (Wildman–Crippen MR) is 74.9 cm³/mol. The lowest BCUT2D eigenvalue weighted by Crippen LogP contribution is -2.14. The highest BCUT2D eigenvalue weighted by molar-refractivity contribution is 5.50. The van der Waals surface area contributed by atoms with Gasteiger partial charge in [-0.2, -0.15) is 0 Å². The van der Waals surface area contributed by atoms with Gasteiger partial charge in [0.2, 0.25) is 0 Å². The van der Waals surface area contributed by atoms with Crippen LogP contribution in [0.4, 0.5) is 5.69 Å². The molecule has 2 N–H and O–H groups in total. The van der Waals surface area contributed by atoms with Crippen LogP contribution in [0.2, 0.25) is 0 Å². The summed E-state index contributed by atoms with van der Waals surface area (Å²) < 4.78 is 2.13. The number of aromatic nitrogens is 1. The van der Waals surface area contributed by atoms with Crippen molar-refractivity contribution >= 4 is 5.69 Å². The number of hydrogen-bond donors (Lipinski definition) is 1. The predicted octanol–water partition coefficient (Wildman–Crippen LogP) is 2.40. The Hall–Kier alpha value is -2.03. The van der Waals surface area contributed by atoms with Crippen LogP contribution in [0.15, 0.2) is 35.1 Å². The fraction of sp³-hybridized carbons (Fsp3) is 0.267. The van der Waals surface area contributed by atoms with Crippen LogP contribution in [0.1, 0.15) is 22.5 Å². The van der Waals surface area contributed by atoms with Gasteiger partial charge in [-0.3, -0.25) is 4.79 Å². The van der Waals surface area contributed by atoms with Crippen molar-refractivity contribution in [1.82, 2.24) is 4.57 Å². The number of nitrogen functional groups attached to an aromatic ring is 1. The van der Waals surface area contributed by atoms with Gasteiger partial charge in [0.15, 0.2) is 5.43 Å². The molecule has 0 unspecified atom stereocenters. The summed E-state index contributed by atoms with van der Waals surface area (Å²) in [6, 6.07) is 9.26. The third-order valence-corrected chi connectivity index (χ3v) is 3.37. The van der Waals surface area contributed by atoms with Crippen molar-refractivity contribution < 1.29 is 0 Å². The summed E-state index contributed by atoms with van der Waals surface area (Å²) >= 11 is 0. The highest BCUT2D eigenvalue weighted by atomic mass is 16.1. The lowest BCUT2D eigenvalue weighted by Gasteiger charge is -2.16. The Kier molecular flexibility index (Phi) is 3.24. The second-order valence-electron chi connectivity index (χ2n) is 4.69. The molecular formula is C15H18N2O. The number of anilines is 1. The Balaban J connectivity index is 2.47. The number of pyridine rings is 1. The van der Waals surface area contributed by atoms with E-state index in [2.05, 4.69) is 10.6 Å². The first kappa shape index (κ1) is 12.4. The topological polar surface area (TPSA) is 48.0 Å². The summed E-state index contributed by atoms with van der Waals surface area (Å²) in [6.07, 6.45) is 0. The molecule has 0 bridgehead atoms.